The quantitative estimate of drug-likeness (QED) is 0.483. The van der Waals surface area contributed by atoms with Crippen LogP contribution in [0.5, 0.6) is 0 Å². The fraction of sp³-hybridized carbons (Fsp3) is 0.800. The Bertz CT molecular complexity index is 165. The molecule has 1 heterocycles. The largest absolute Gasteiger partial charge is 0.390 e. The fourth-order valence-electron chi connectivity index (χ4n) is 1.66. The van der Waals surface area contributed by atoms with E-state index in [4.69, 9.17) is 6.42 Å². The van der Waals surface area contributed by atoms with Crippen molar-refractivity contribution in [1.29, 1.82) is 0 Å². The SMILES string of the molecule is C#CCCCC1(O)CCNCC1. The molecule has 1 rings (SSSR count). The van der Waals surface area contributed by atoms with Crippen LogP contribution in [-0.4, -0.2) is 23.8 Å². The summed E-state index contributed by atoms with van der Waals surface area (Å²) in [5.41, 5.74) is -0.428. The maximum Gasteiger partial charge on any atom is 0.0672 e. The van der Waals surface area contributed by atoms with E-state index in [1.165, 1.54) is 0 Å². The maximum absolute atomic E-state index is 9.99. The van der Waals surface area contributed by atoms with E-state index in [0.717, 1.165) is 45.2 Å². The summed E-state index contributed by atoms with van der Waals surface area (Å²) in [5.74, 6) is 2.60. The minimum absolute atomic E-state index is 0.428. The van der Waals surface area contributed by atoms with E-state index >= 15 is 0 Å². The molecule has 12 heavy (non-hydrogen) atoms. The van der Waals surface area contributed by atoms with Gasteiger partial charge in [0.15, 0.2) is 0 Å². The van der Waals surface area contributed by atoms with Gasteiger partial charge in [-0.25, -0.2) is 0 Å². The van der Waals surface area contributed by atoms with Gasteiger partial charge < -0.3 is 10.4 Å². The first-order chi connectivity index (χ1) is 5.77. The lowest BCUT2D eigenvalue weighted by Crippen LogP contribution is -2.41. The molecule has 2 nitrogen and oxygen atoms in total. The molecule has 0 spiro atoms. The Labute approximate surface area is 74.4 Å². The van der Waals surface area contributed by atoms with Crippen LogP contribution in [0.4, 0.5) is 0 Å². The Morgan fingerprint density at radius 2 is 2.08 bits per heavy atom. The molecule has 1 saturated heterocycles. The Morgan fingerprint density at radius 1 is 1.42 bits per heavy atom. The topological polar surface area (TPSA) is 32.3 Å². The van der Waals surface area contributed by atoms with Gasteiger partial charge in [0.25, 0.3) is 0 Å². The average Bonchev–Trinajstić information content (AvgIpc) is 2.06. The number of terminal acetylenes is 1. The molecule has 0 atom stereocenters. The van der Waals surface area contributed by atoms with Crippen molar-refractivity contribution in [2.45, 2.75) is 37.7 Å². The van der Waals surface area contributed by atoms with Crippen molar-refractivity contribution in [3.63, 3.8) is 0 Å². The molecule has 2 N–H and O–H groups in total. The van der Waals surface area contributed by atoms with Gasteiger partial charge in [-0.3, -0.25) is 0 Å². The normalized spacial score (nSPS) is 21.7. The zero-order chi connectivity index (χ0) is 8.86. The van der Waals surface area contributed by atoms with E-state index in [-0.39, 0.29) is 0 Å². The summed E-state index contributed by atoms with van der Waals surface area (Å²) in [7, 11) is 0. The van der Waals surface area contributed by atoms with Gasteiger partial charge in [0, 0.05) is 6.42 Å². The minimum Gasteiger partial charge on any atom is -0.390 e. The molecule has 1 aliphatic heterocycles. The Kier molecular flexibility index (Phi) is 3.58. The van der Waals surface area contributed by atoms with Crippen LogP contribution >= 0.6 is 0 Å². The third-order valence-corrected chi connectivity index (χ3v) is 2.50. The lowest BCUT2D eigenvalue weighted by Gasteiger charge is -2.32. The molecule has 0 aromatic heterocycles. The second-order valence-electron chi connectivity index (χ2n) is 3.53. The van der Waals surface area contributed by atoms with Gasteiger partial charge in [0.1, 0.15) is 0 Å². The third-order valence-electron chi connectivity index (χ3n) is 2.50. The third kappa shape index (κ3) is 2.84. The second kappa shape index (κ2) is 4.49. The minimum atomic E-state index is -0.428. The predicted molar refractivity (Wildman–Crippen MR) is 49.7 cm³/mol. The zero-order valence-electron chi connectivity index (χ0n) is 7.47. The molecular weight excluding hydrogens is 150 g/mol. The summed E-state index contributed by atoms with van der Waals surface area (Å²) in [6.45, 7) is 1.87. The highest BCUT2D eigenvalue weighted by atomic mass is 16.3. The molecule has 0 aromatic rings. The van der Waals surface area contributed by atoms with Crippen LogP contribution in [-0.2, 0) is 0 Å². The molecule has 0 unspecified atom stereocenters. The molecule has 1 fully saturated rings. The van der Waals surface area contributed by atoms with E-state index in [1.807, 2.05) is 0 Å². The molecule has 1 aliphatic rings. The van der Waals surface area contributed by atoms with Crippen LogP contribution in [0.2, 0.25) is 0 Å². The Hall–Kier alpha value is -0.520. The van der Waals surface area contributed by atoms with E-state index in [0.29, 0.717) is 0 Å². The van der Waals surface area contributed by atoms with Gasteiger partial charge in [-0.2, -0.15) is 0 Å². The molecule has 0 aliphatic carbocycles. The van der Waals surface area contributed by atoms with Gasteiger partial charge in [0.2, 0.25) is 0 Å². The molecule has 0 aromatic carbocycles. The van der Waals surface area contributed by atoms with Crippen molar-refractivity contribution in [2.75, 3.05) is 13.1 Å². The van der Waals surface area contributed by atoms with Crippen LogP contribution in [0.3, 0.4) is 0 Å². The number of rotatable bonds is 3. The molecule has 0 bridgehead atoms. The Balaban J connectivity index is 2.23. The van der Waals surface area contributed by atoms with Crippen molar-refractivity contribution < 1.29 is 5.11 Å². The van der Waals surface area contributed by atoms with Crippen molar-refractivity contribution in [3.8, 4) is 12.3 Å². The van der Waals surface area contributed by atoms with Gasteiger partial charge >= 0.3 is 0 Å². The zero-order valence-corrected chi connectivity index (χ0v) is 7.47. The van der Waals surface area contributed by atoms with E-state index < -0.39 is 5.60 Å². The summed E-state index contributed by atoms with van der Waals surface area (Å²) in [6.07, 6.45) is 9.49. The first-order valence-corrected chi connectivity index (χ1v) is 4.63. The van der Waals surface area contributed by atoms with Crippen molar-refractivity contribution in [3.05, 3.63) is 0 Å². The lowest BCUT2D eigenvalue weighted by molar-refractivity contribution is 0.00118. The summed E-state index contributed by atoms with van der Waals surface area (Å²) in [5, 5.41) is 13.2. The number of hydrogen-bond acceptors (Lipinski definition) is 2. The molecule has 0 amide bonds. The van der Waals surface area contributed by atoms with Crippen LogP contribution in [0, 0.1) is 12.3 Å². The molecule has 68 valence electrons. The fourth-order valence-corrected chi connectivity index (χ4v) is 1.66. The highest BCUT2D eigenvalue weighted by molar-refractivity contribution is 4.88. The van der Waals surface area contributed by atoms with Crippen molar-refractivity contribution in [1.82, 2.24) is 5.32 Å². The molecule has 2 heteroatoms. The standard InChI is InChI=1S/C10H17NO/c1-2-3-4-5-10(12)6-8-11-9-7-10/h1,11-12H,3-9H2. The van der Waals surface area contributed by atoms with E-state index in [2.05, 4.69) is 11.2 Å². The molecule has 0 radical (unpaired) electrons. The summed E-state index contributed by atoms with van der Waals surface area (Å²) >= 11 is 0. The molecular formula is C10H17NO. The number of piperidine rings is 1. The summed E-state index contributed by atoms with van der Waals surface area (Å²) in [4.78, 5) is 0. The summed E-state index contributed by atoms with van der Waals surface area (Å²) < 4.78 is 0. The van der Waals surface area contributed by atoms with Gasteiger partial charge in [0.05, 0.1) is 5.60 Å². The predicted octanol–water partition coefficient (Wildman–Crippen LogP) is 0.904. The number of nitrogens with one attached hydrogen (secondary N) is 1. The van der Waals surface area contributed by atoms with Crippen molar-refractivity contribution in [2.24, 2.45) is 0 Å². The van der Waals surface area contributed by atoms with Crippen molar-refractivity contribution >= 4 is 0 Å². The first-order valence-electron chi connectivity index (χ1n) is 4.63. The Morgan fingerprint density at radius 3 is 2.67 bits per heavy atom. The van der Waals surface area contributed by atoms with Crippen LogP contribution in [0.1, 0.15) is 32.1 Å². The van der Waals surface area contributed by atoms with Gasteiger partial charge in [-0.15, -0.1) is 12.3 Å². The second-order valence-corrected chi connectivity index (χ2v) is 3.53. The monoisotopic (exact) mass is 167 g/mol. The summed E-state index contributed by atoms with van der Waals surface area (Å²) in [6, 6.07) is 0. The highest BCUT2D eigenvalue weighted by Crippen LogP contribution is 2.23. The average molecular weight is 167 g/mol. The van der Waals surface area contributed by atoms with E-state index in [9.17, 15) is 5.11 Å². The van der Waals surface area contributed by atoms with Crippen LogP contribution in [0.15, 0.2) is 0 Å². The van der Waals surface area contributed by atoms with Crippen LogP contribution < -0.4 is 5.32 Å². The highest BCUT2D eigenvalue weighted by Gasteiger charge is 2.27. The first kappa shape index (κ1) is 9.57. The number of aliphatic hydroxyl groups is 1. The van der Waals surface area contributed by atoms with Gasteiger partial charge in [-0.05, 0) is 38.8 Å². The number of hydrogen-bond donors (Lipinski definition) is 2. The smallest absolute Gasteiger partial charge is 0.0672 e. The van der Waals surface area contributed by atoms with Crippen LogP contribution in [0.25, 0.3) is 0 Å². The molecule has 0 saturated carbocycles. The van der Waals surface area contributed by atoms with Gasteiger partial charge in [-0.1, -0.05) is 0 Å². The maximum atomic E-state index is 9.99. The number of unbranched alkanes of at least 4 members (excludes halogenated alkanes) is 1. The van der Waals surface area contributed by atoms with E-state index in [1.54, 1.807) is 0 Å². The lowest BCUT2D eigenvalue weighted by atomic mass is 9.87.